The maximum absolute atomic E-state index is 13.0. The van der Waals surface area contributed by atoms with Gasteiger partial charge in [-0.1, -0.05) is 71.2 Å². The van der Waals surface area contributed by atoms with E-state index in [4.69, 9.17) is 4.74 Å². The van der Waals surface area contributed by atoms with Crippen LogP contribution in [0.15, 0.2) is 65.1 Å². The Bertz CT molecular complexity index is 771. The number of benzene rings is 2. The molecular weight excluding hydrogens is 364 g/mol. The van der Waals surface area contributed by atoms with Crippen LogP contribution in [0.5, 0.6) is 0 Å². The number of carbonyl (C=O) groups excluding carboxylic acids is 1. The molecule has 0 N–H and O–H groups in total. The van der Waals surface area contributed by atoms with Gasteiger partial charge in [0.15, 0.2) is 0 Å². The van der Waals surface area contributed by atoms with Gasteiger partial charge >= 0.3 is 5.97 Å². The molecule has 1 aliphatic carbocycles. The van der Waals surface area contributed by atoms with E-state index in [2.05, 4.69) is 34.1 Å². The summed E-state index contributed by atoms with van der Waals surface area (Å²) >= 11 is 3.45. The topological polar surface area (TPSA) is 26.3 Å². The van der Waals surface area contributed by atoms with Crippen LogP contribution in [0.2, 0.25) is 0 Å². The first-order chi connectivity index (χ1) is 11.7. The van der Waals surface area contributed by atoms with Gasteiger partial charge in [0.2, 0.25) is 0 Å². The Hall–Kier alpha value is -1.87. The highest BCUT2D eigenvalue weighted by Crippen LogP contribution is 2.54. The van der Waals surface area contributed by atoms with Crippen LogP contribution >= 0.6 is 15.9 Å². The van der Waals surface area contributed by atoms with Crippen molar-refractivity contribution < 1.29 is 9.53 Å². The van der Waals surface area contributed by atoms with Crippen LogP contribution in [0.3, 0.4) is 0 Å². The van der Waals surface area contributed by atoms with Crippen LogP contribution in [0.25, 0.3) is 5.76 Å². The monoisotopic (exact) mass is 382 g/mol. The molecule has 1 heterocycles. The zero-order chi connectivity index (χ0) is 16.6. The fraction of sp³-hybridized carbons (Fsp3) is 0.286. The van der Waals surface area contributed by atoms with Gasteiger partial charge in [-0.15, -0.1) is 0 Å². The van der Waals surface area contributed by atoms with Crippen LogP contribution < -0.4 is 0 Å². The lowest BCUT2D eigenvalue weighted by Gasteiger charge is -2.38. The fourth-order valence-electron chi connectivity index (χ4n) is 4.04. The highest BCUT2D eigenvalue weighted by molar-refractivity contribution is 9.10. The van der Waals surface area contributed by atoms with Crippen molar-refractivity contribution in [1.29, 1.82) is 0 Å². The third-order valence-corrected chi connectivity index (χ3v) is 5.83. The number of halogens is 1. The SMILES string of the molecule is O=C1OC(c2ccc(Br)cc2)=CC(c2ccccc2)C12CCCC2. The van der Waals surface area contributed by atoms with Crippen molar-refractivity contribution in [3.63, 3.8) is 0 Å². The van der Waals surface area contributed by atoms with Crippen LogP contribution in [-0.4, -0.2) is 5.97 Å². The van der Waals surface area contributed by atoms with E-state index in [1.165, 1.54) is 5.56 Å². The van der Waals surface area contributed by atoms with Gasteiger partial charge in [0.1, 0.15) is 5.76 Å². The lowest BCUT2D eigenvalue weighted by Crippen LogP contribution is -2.38. The Morgan fingerprint density at radius 1 is 0.958 bits per heavy atom. The van der Waals surface area contributed by atoms with E-state index >= 15 is 0 Å². The van der Waals surface area contributed by atoms with E-state index in [0.29, 0.717) is 5.76 Å². The van der Waals surface area contributed by atoms with Gasteiger partial charge in [0.25, 0.3) is 0 Å². The smallest absolute Gasteiger partial charge is 0.318 e. The molecule has 0 radical (unpaired) electrons. The Morgan fingerprint density at radius 3 is 2.29 bits per heavy atom. The molecule has 2 nitrogen and oxygen atoms in total. The predicted molar refractivity (Wildman–Crippen MR) is 98.3 cm³/mol. The summed E-state index contributed by atoms with van der Waals surface area (Å²) in [6, 6.07) is 18.3. The molecule has 1 fully saturated rings. The molecule has 0 aromatic heterocycles. The minimum absolute atomic E-state index is 0.0609. The summed E-state index contributed by atoms with van der Waals surface area (Å²) in [6.07, 6.45) is 6.18. The number of esters is 1. The second kappa shape index (κ2) is 6.21. The first-order valence-corrected chi connectivity index (χ1v) is 9.23. The second-order valence-corrected chi connectivity index (χ2v) is 7.59. The van der Waals surface area contributed by atoms with Gasteiger partial charge < -0.3 is 4.74 Å². The molecule has 24 heavy (non-hydrogen) atoms. The highest BCUT2D eigenvalue weighted by atomic mass is 79.9. The number of hydrogen-bond donors (Lipinski definition) is 0. The zero-order valence-electron chi connectivity index (χ0n) is 13.4. The summed E-state index contributed by atoms with van der Waals surface area (Å²) in [7, 11) is 0. The number of carbonyl (C=O) groups is 1. The lowest BCUT2D eigenvalue weighted by atomic mass is 9.69. The molecule has 2 aromatic carbocycles. The van der Waals surface area contributed by atoms with Gasteiger partial charge in [-0.3, -0.25) is 4.79 Å². The molecule has 1 saturated carbocycles. The molecule has 0 amide bonds. The normalized spacial score (nSPS) is 22.3. The third kappa shape index (κ3) is 2.61. The summed E-state index contributed by atoms with van der Waals surface area (Å²) in [6.45, 7) is 0. The number of rotatable bonds is 2. The zero-order valence-corrected chi connectivity index (χ0v) is 15.0. The minimum atomic E-state index is -0.389. The van der Waals surface area contributed by atoms with E-state index < -0.39 is 0 Å². The summed E-state index contributed by atoms with van der Waals surface area (Å²) in [5, 5.41) is 0. The number of cyclic esters (lactones) is 1. The van der Waals surface area contributed by atoms with Crippen LogP contribution in [-0.2, 0) is 9.53 Å². The molecule has 4 rings (SSSR count). The van der Waals surface area contributed by atoms with Crippen molar-refractivity contribution in [2.75, 3.05) is 0 Å². The Balaban J connectivity index is 1.81. The standard InChI is InChI=1S/C21H19BrO2/c22-17-10-8-16(9-11-17)19-14-18(15-6-2-1-3-7-15)21(20(23)24-19)12-4-5-13-21/h1-3,6-11,14,18H,4-5,12-13H2. The van der Waals surface area contributed by atoms with Crippen molar-refractivity contribution in [2.45, 2.75) is 31.6 Å². The summed E-state index contributed by atoms with van der Waals surface area (Å²) < 4.78 is 6.82. The molecule has 122 valence electrons. The maximum atomic E-state index is 13.0. The van der Waals surface area contributed by atoms with Crippen molar-refractivity contribution in [3.8, 4) is 0 Å². The number of hydrogen-bond acceptors (Lipinski definition) is 2. The molecule has 1 spiro atoms. The number of allylic oxidation sites excluding steroid dienone is 1. The molecule has 2 aromatic rings. The molecule has 0 saturated heterocycles. The molecule has 1 aliphatic heterocycles. The molecule has 1 atom stereocenters. The van der Waals surface area contributed by atoms with E-state index in [1.54, 1.807) is 0 Å². The van der Waals surface area contributed by atoms with E-state index in [0.717, 1.165) is 35.7 Å². The molecule has 3 heteroatoms. The average molecular weight is 383 g/mol. The van der Waals surface area contributed by atoms with E-state index in [9.17, 15) is 4.79 Å². The quantitative estimate of drug-likeness (QED) is 0.623. The Kier molecular flexibility index (Phi) is 4.05. The summed E-state index contributed by atoms with van der Waals surface area (Å²) in [4.78, 5) is 13.0. The lowest BCUT2D eigenvalue weighted by molar-refractivity contribution is -0.150. The highest BCUT2D eigenvalue weighted by Gasteiger charge is 2.51. The molecular formula is C21H19BrO2. The van der Waals surface area contributed by atoms with Crippen LogP contribution in [0, 0.1) is 5.41 Å². The van der Waals surface area contributed by atoms with Gasteiger partial charge in [-0.25, -0.2) is 0 Å². The third-order valence-electron chi connectivity index (χ3n) is 5.31. The average Bonchev–Trinajstić information content (AvgIpc) is 3.09. The molecule has 1 unspecified atom stereocenters. The van der Waals surface area contributed by atoms with E-state index in [1.807, 2.05) is 42.5 Å². The maximum Gasteiger partial charge on any atom is 0.318 e. The summed E-state index contributed by atoms with van der Waals surface area (Å²) in [5.74, 6) is 0.703. The minimum Gasteiger partial charge on any atom is -0.426 e. The van der Waals surface area contributed by atoms with Gasteiger partial charge in [0.05, 0.1) is 5.41 Å². The first-order valence-electron chi connectivity index (χ1n) is 8.44. The molecule has 0 bridgehead atoms. The van der Waals surface area contributed by atoms with Crippen molar-refractivity contribution in [3.05, 3.63) is 76.3 Å². The van der Waals surface area contributed by atoms with Crippen molar-refractivity contribution in [1.82, 2.24) is 0 Å². The Morgan fingerprint density at radius 2 is 1.62 bits per heavy atom. The van der Waals surface area contributed by atoms with Gasteiger partial charge in [-0.05, 0) is 36.6 Å². The van der Waals surface area contributed by atoms with Crippen molar-refractivity contribution >= 4 is 27.7 Å². The van der Waals surface area contributed by atoms with Crippen LogP contribution in [0.1, 0.15) is 42.7 Å². The molecule has 2 aliphatic rings. The predicted octanol–water partition coefficient (Wildman–Crippen LogP) is 5.69. The largest absolute Gasteiger partial charge is 0.426 e. The Labute approximate surface area is 150 Å². The fourth-order valence-corrected chi connectivity index (χ4v) is 4.30. The van der Waals surface area contributed by atoms with Crippen LogP contribution in [0.4, 0.5) is 0 Å². The van der Waals surface area contributed by atoms with Crippen molar-refractivity contribution in [2.24, 2.45) is 5.41 Å². The van der Waals surface area contributed by atoms with E-state index in [-0.39, 0.29) is 17.3 Å². The second-order valence-electron chi connectivity index (χ2n) is 6.68. The number of ether oxygens (including phenoxy) is 1. The summed E-state index contributed by atoms with van der Waals surface area (Å²) in [5.41, 5.74) is 1.76. The van der Waals surface area contributed by atoms with Gasteiger partial charge in [-0.2, -0.15) is 0 Å². The van der Waals surface area contributed by atoms with Gasteiger partial charge in [0, 0.05) is 16.0 Å². The first kappa shape index (κ1) is 15.6.